The second-order valence-electron chi connectivity index (χ2n) is 2.71. The Morgan fingerprint density at radius 3 is 2.47 bits per heavy atom. The maximum atomic E-state index is 11.9. The highest BCUT2D eigenvalue weighted by Crippen LogP contribution is 2.22. The maximum absolute atomic E-state index is 11.9. The molecular weight excluding hydrogens is 267 g/mol. The zero-order chi connectivity index (χ0) is 13.2. The molecule has 0 aromatic carbocycles. The van der Waals surface area contributed by atoms with Crippen LogP contribution in [0, 0.1) is 0 Å². The van der Waals surface area contributed by atoms with Gasteiger partial charge in [0.1, 0.15) is 5.69 Å². The summed E-state index contributed by atoms with van der Waals surface area (Å²) < 4.78 is 43.6. The lowest BCUT2D eigenvalue weighted by atomic mass is 10.3. The van der Waals surface area contributed by atoms with Crippen LogP contribution in [0.15, 0.2) is 11.0 Å². The Morgan fingerprint density at radius 1 is 1.47 bits per heavy atom. The Hall–Kier alpha value is -1.70. The van der Waals surface area contributed by atoms with Crippen LogP contribution in [0.1, 0.15) is 10.5 Å². The number of hydrogen-bond acceptors (Lipinski definition) is 4. The maximum Gasteiger partial charge on any atom is 0.573 e. The summed E-state index contributed by atoms with van der Waals surface area (Å²) in [5.41, 5.74) is -1.68. The molecular formula is C8H5ClF3NO4. The van der Waals surface area contributed by atoms with Gasteiger partial charge in [0.2, 0.25) is 0 Å². The topological polar surface area (TPSA) is 68.4 Å². The van der Waals surface area contributed by atoms with E-state index in [0.717, 1.165) is 7.11 Å². The fourth-order valence-corrected chi connectivity index (χ4v) is 1.18. The third-order valence-corrected chi connectivity index (χ3v) is 1.82. The smallest absolute Gasteiger partial charge is 0.491 e. The molecule has 0 aliphatic carbocycles. The van der Waals surface area contributed by atoms with E-state index in [1.165, 1.54) is 0 Å². The molecule has 1 heterocycles. The van der Waals surface area contributed by atoms with Gasteiger partial charge in [-0.3, -0.25) is 9.59 Å². The van der Waals surface area contributed by atoms with Crippen LogP contribution in [0.5, 0.6) is 11.5 Å². The molecule has 1 N–H and O–H groups in total. The number of rotatable bonds is 3. The van der Waals surface area contributed by atoms with Gasteiger partial charge in [0.25, 0.3) is 10.7 Å². The highest BCUT2D eigenvalue weighted by Gasteiger charge is 2.33. The Labute approximate surface area is 97.1 Å². The number of carbonyl (C=O) groups excluding carboxylic acids is 1. The molecule has 0 radical (unpaired) electrons. The number of aromatic nitrogens is 1. The van der Waals surface area contributed by atoms with Gasteiger partial charge < -0.3 is 14.5 Å². The molecule has 1 aromatic rings. The fourth-order valence-electron chi connectivity index (χ4n) is 1.04. The van der Waals surface area contributed by atoms with E-state index in [-0.39, 0.29) is 0 Å². The minimum atomic E-state index is -5.02. The van der Waals surface area contributed by atoms with Gasteiger partial charge >= 0.3 is 6.36 Å². The van der Waals surface area contributed by atoms with Gasteiger partial charge in [0.05, 0.1) is 7.11 Å². The van der Waals surface area contributed by atoms with Gasteiger partial charge in [-0.15, -0.1) is 13.2 Å². The molecule has 5 nitrogen and oxygen atoms in total. The van der Waals surface area contributed by atoms with Crippen molar-refractivity contribution in [2.24, 2.45) is 0 Å². The molecule has 94 valence electrons. The van der Waals surface area contributed by atoms with Gasteiger partial charge in [-0.2, -0.15) is 0 Å². The summed E-state index contributed by atoms with van der Waals surface area (Å²) in [6, 6.07) is 0. The molecule has 0 aliphatic rings. The van der Waals surface area contributed by atoms with E-state index in [1.54, 1.807) is 0 Å². The monoisotopic (exact) mass is 271 g/mol. The molecule has 0 spiro atoms. The van der Waals surface area contributed by atoms with Crippen molar-refractivity contribution in [1.29, 1.82) is 0 Å². The summed E-state index contributed by atoms with van der Waals surface area (Å²) in [4.78, 5) is 24.3. The number of H-pyrrole nitrogens is 1. The van der Waals surface area contributed by atoms with Crippen molar-refractivity contribution in [3.05, 3.63) is 22.1 Å². The van der Waals surface area contributed by atoms with Crippen LogP contribution >= 0.6 is 11.6 Å². The van der Waals surface area contributed by atoms with Crippen molar-refractivity contribution < 1.29 is 27.4 Å². The summed E-state index contributed by atoms with van der Waals surface area (Å²) in [5.74, 6) is -1.69. The van der Waals surface area contributed by atoms with Crippen molar-refractivity contribution in [2.75, 3.05) is 7.11 Å². The first-order chi connectivity index (χ1) is 7.76. The van der Waals surface area contributed by atoms with Crippen molar-refractivity contribution >= 4 is 16.8 Å². The van der Waals surface area contributed by atoms with Gasteiger partial charge in [-0.05, 0) is 11.6 Å². The number of nitrogens with one attached hydrogen (secondary N) is 1. The fraction of sp³-hybridized carbons (Fsp3) is 0.250. The number of halogens is 4. The molecule has 0 unspecified atom stereocenters. The molecule has 0 aliphatic heterocycles. The van der Waals surface area contributed by atoms with Crippen LogP contribution in [0.25, 0.3) is 0 Å². The van der Waals surface area contributed by atoms with Crippen LogP contribution in [-0.2, 0) is 0 Å². The summed E-state index contributed by atoms with van der Waals surface area (Å²) >= 11 is 5.09. The van der Waals surface area contributed by atoms with Gasteiger partial charge in [-0.25, -0.2) is 0 Å². The predicted molar refractivity (Wildman–Crippen MR) is 50.5 cm³/mol. The molecule has 0 saturated carbocycles. The van der Waals surface area contributed by atoms with Gasteiger partial charge in [0.15, 0.2) is 11.5 Å². The summed E-state index contributed by atoms with van der Waals surface area (Å²) in [5, 5.41) is -1.07. The standard InChI is InChI=1S/C8H5ClF3NO4/c1-16-6-4(7(9)15)13-2-3(5(6)14)17-8(10,11)12/h2H,1H3,(H,13,14). The number of methoxy groups -OCH3 is 1. The lowest BCUT2D eigenvalue weighted by Gasteiger charge is -2.10. The van der Waals surface area contributed by atoms with E-state index in [4.69, 9.17) is 11.6 Å². The Kier molecular flexibility index (Phi) is 3.66. The van der Waals surface area contributed by atoms with E-state index >= 15 is 0 Å². The third-order valence-electron chi connectivity index (χ3n) is 1.63. The minimum Gasteiger partial charge on any atom is -0.491 e. The van der Waals surface area contributed by atoms with Crippen molar-refractivity contribution in [2.45, 2.75) is 6.36 Å². The average Bonchev–Trinajstić information content (AvgIpc) is 2.18. The van der Waals surface area contributed by atoms with Crippen molar-refractivity contribution in [3.63, 3.8) is 0 Å². The summed E-state index contributed by atoms with van der Waals surface area (Å²) in [7, 11) is 1.01. The zero-order valence-corrected chi connectivity index (χ0v) is 8.98. The van der Waals surface area contributed by atoms with E-state index in [0.29, 0.717) is 6.20 Å². The lowest BCUT2D eigenvalue weighted by Crippen LogP contribution is -2.23. The Balaban J connectivity index is 3.31. The SMILES string of the molecule is COc1c(C(=O)Cl)[nH]cc(OC(F)(F)F)c1=O. The number of ether oxygens (including phenoxy) is 2. The molecule has 0 atom stereocenters. The highest BCUT2D eigenvalue weighted by atomic mass is 35.5. The quantitative estimate of drug-likeness (QED) is 0.849. The number of pyridine rings is 1. The first-order valence-electron chi connectivity index (χ1n) is 4.01. The molecule has 1 rings (SSSR count). The van der Waals surface area contributed by atoms with Crippen LogP contribution in [0.4, 0.5) is 13.2 Å². The summed E-state index contributed by atoms with van der Waals surface area (Å²) in [6.45, 7) is 0. The second kappa shape index (κ2) is 4.66. The Morgan fingerprint density at radius 2 is 2.06 bits per heavy atom. The van der Waals surface area contributed by atoms with E-state index in [1.807, 2.05) is 0 Å². The van der Waals surface area contributed by atoms with Crippen LogP contribution in [0.2, 0.25) is 0 Å². The van der Waals surface area contributed by atoms with E-state index in [2.05, 4.69) is 14.5 Å². The van der Waals surface area contributed by atoms with Crippen molar-refractivity contribution in [1.82, 2.24) is 4.98 Å². The largest absolute Gasteiger partial charge is 0.573 e. The molecule has 9 heteroatoms. The highest BCUT2D eigenvalue weighted by molar-refractivity contribution is 6.67. The molecule has 0 bridgehead atoms. The van der Waals surface area contributed by atoms with Gasteiger partial charge in [0, 0.05) is 6.20 Å². The Bertz CT molecular complexity index is 497. The number of aromatic amines is 1. The predicted octanol–water partition coefficient (Wildman–Crippen LogP) is 1.66. The number of hydrogen-bond donors (Lipinski definition) is 1. The molecule has 0 fully saturated rings. The average molecular weight is 272 g/mol. The second-order valence-corrected chi connectivity index (χ2v) is 3.06. The molecule has 1 aromatic heterocycles. The first kappa shape index (κ1) is 13.4. The zero-order valence-electron chi connectivity index (χ0n) is 8.22. The first-order valence-corrected chi connectivity index (χ1v) is 4.39. The summed E-state index contributed by atoms with van der Waals surface area (Å²) in [6.07, 6.45) is -4.45. The normalized spacial score (nSPS) is 11.1. The number of alkyl halides is 3. The minimum absolute atomic E-state index is 0.450. The third kappa shape index (κ3) is 3.13. The van der Waals surface area contributed by atoms with Crippen LogP contribution < -0.4 is 14.9 Å². The molecule has 0 saturated heterocycles. The van der Waals surface area contributed by atoms with Gasteiger partial charge in [-0.1, -0.05) is 0 Å². The van der Waals surface area contributed by atoms with E-state index < -0.39 is 34.2 Å². The molecule has 0 amide bonds. The number of carbonyl (C=O) groups is 1. The lowest BCUT2D eigenvalue weighted by molar-refractivity contribution is -0.275. The van der Waals surface area contributed by atoms with Crippen LogP contribution in [-0.4, -0.2) is 23.7 Å². The van der Waals surface area contributed by atoms with Crippen LogP contribution in [0.3, 0.4) is 0 Å². The van der Waals surface area contributed by atoms with E-state index in [9.17, 15) is 22.8 Å². The molecule has 17 heavy (non-hydrogen) atoms. The van der Waals surface area contributed by atoms with Crippen molar-refractivity contribution in [3.8, 4) is 11.5 Å².